The lowest BCUT2D eigenvalue weighted by Gasteiger charge is -2.04. The summed E-state index contributed by atoms with van der Waals surface area (Å²) in [5.74, 6) is -0.397. The first-order valence-electron chi connectivity index (χ1n) is 5.82. The van der Waals surface area contributed by atoms with E-state index >= 15 is 0 Å². The average molecular weight is 274 g/mol. The van der Waals surface area contributed by atoms with Crippen molar-refractivity contribution in [2.24, 2.45) is 5.73 Å². The van der Waals surface area contributed by atoms with Crippen molar-refractivity contribution in [1.82, 2.24) is 0 Å². The highest BCUT2D eigenvalue weighted by atomic mass is 32.1. The number of carbonyl (C=O) groups is 2. The fraction of sp³-hybridized carbons (Fsp3) is 0.143. The number of benzene rings is 1. The standard InChI is InChI=1S/C14H14N2O2S/c1-9-7-11(16-12(17)8-15)14(19-9)13(18)10-5-3-2-4-6-10/h2-7H,8,15H2,1H3,(H,16,17). The van der Waals surface area contributed by atoms with Crippen molar-refractivity contribution in [3.8, 4) is 0 Å². The van der Waals surface area contributed by atoms with E-state index in [1.165, 1.54) is 11.3 Å². The van der Waals surface area contributed by atoms with Gasteiger partial charge in [0.05, 0.1) is 17.1 Å². The second-order valence-electron chi connectivity index (χ2n) is 4.05. The molecule has 5 heteroatoms. The average Bonchev–Trinajstić information content (AvgIpc) is 2.79. The molecule has 2 rings (SSSR count). The van der Waals surface area contributed by atoms with Gasteiger partial charge in [-0.25, -0.2) is 0 Å². The van der Waals surface area contributed by atoms with Crippen molar-refractivity contribution in [2.45, 2.75) is 6.92 Å². The highest BCUT2D eigenvalue weighted by Gasteiger charge is 2.17. The van der Waals surface area contributed by atoms with Crippen molar-refractivity contribution in [1.29, 1.82) is 0 Å². The van der Waals surface area contributed by atoms with E-state index in [1.54, 1.807) is 18.2 Å². The quantitative estimate of drug-likeness (QED) is 0.839. The van der Waals surface area contributed by atoms with Crippen LogP contribution in [0, 0.1) is 6.92 Å². The Hall–Kier alpha value is -1.98. The SMILES string of the molecule is Cc1cc(NC(=O)CN)c(C(=O)c2ccccc2)s1. The molecule has 0 spiro atoms. The van der Waals surface area contributed by atoms with Gasteiger partial charge in [-0.05, 0) is 13.0 Å². The molecule has 1 heterocycles. The summed E-state index contributed by atoms with van der Waals surface area (Å²) >= 11 is 1.36. The lowest BCUT2D eigenvalue weighted by molar-refractivity contribution is -0.114. The Morgan fingerprint density at radius 3 is 2.58 bits per heavy atom. The molecule has 0 atom stereocenters. The molecule has 0 fully saturated rings. The minimum atomic E-state index is -0.306. The molecule has 98 valence electrons. The van der Waals surface area contributed by atoms with Crippen LogP contribution in [0.15, 0.2) is 36.4 Å². The van der Waals surface area contributed by atoms with Gasteiger partial charge in [0.15, 0.2) is 0 Å². The Morgan fingerprint density at radius 2 is 1.95 bits per heavy atom. The molecule has 0 aliphatic heterocycles. The Balaban J connectivity index is 2.34. The van der Waals surface area contributed by atoms with Crippen LogP contribution in [0.4, 0.5) is 5.69 Å². The van der Waals surface area contributed by atoms with Gasteiger partial charge in [0.25, 0.3) is 0 Å². The number of hydrogen-bond donors (Lipinski definition) is 2. The molecule has 0 radical (unpaired) electrons. The van der Waals surface area contributed by atoms with Crippen LogP contribution in [0.1, 0.15) is 20.1 Å². The van der Waals surface area contributed by atoms with Crippen LogP contribution in [0.5, 0.6) is 0 Å². The van der Waals surface area contributed by atoms with Gasteiger partial charge in [0.2, 0.25) is 11.7 Å². The molecule has 0 aliphatic rings. The van der Waals surface area contributed by atoms with Crippen LogP contribution in [-0.2, 0) is 4.79 Å². The van der Waals surface area contributed by atoms with Crippen molar-refractivity contribution in [3.05, 3.63) is 51.7 Å². The largest absolute Gasteiger partial charge is 0.324 e. The number of anilines is 1. The molecule has 0 aliphatic carbocycles. The molecule has 0 saturated heterocycles. The van der Waals surface area contributed by atoms with Gasteiger partial charge in [-0.2, -0.15) is 0 Å². The summed E-state index contributed by atoms with van der Waals surface area (Å²) in [6.07, 6.45) is 0. The van der Waals surface area contributed by atoms with Gasteiger partial charge in [0.1, 0.15) is 0 Å². The normalized spacial score (nSPS) is 10.2. The monoisotopic (exact) mass is 274 g/mol. The maximum atomic E-state index is 12.4. The van der Waals surface area contributed by atoms with Crippen molar-refractivity contribution in [2.75, 3.05) is 11.9 Å². The van der Waals surface area contributed by atoms with E-state index in [-0.39, 0.29) is 18.2 Å². The maximum Gasteiger partial charge on any atom is 0.238 e. The number of hydrogen-bond acceptors (Lipinski definition) is 4. The minimum Gasteiger partial charge on any atom is -0.324 e. The van der Waals surface area contributed by atoms with E-state index in [0.717, 1.165) is 4.88 Å². The van der Waals surface area contributed by atoms with Crippen molar-refractivity contribution in [3.63, 3.8) is 0 Å². The zero-order chi connectivity index (χ0) is 13.8. The van der Waals surface area contributed by atoms with E-state index in [0.29, 0.717) is 16.1 Å². The molecule has 3 N–H and O–H groups in total. The van der Waals surface area contributed by atoms with E-state index in [2.05, 4.69) is 5.32 Å². The highest BCUT2D eigenvalue weighted by molar-refractivity contribution is 7.14. The Labute approximate surface area is 115 Å². The summed E-state index contributed by atoms with van der Waals surface area (Å²) in [6, 6.07) is 10.8. The Bertz CT molecular complexity index is 605. The van der Waals surface area contributed by atoms with Crippen LogP contribution in [0.3, 0.4) is 0 Å². The summed E-state index contributed by atoms with van der Waals surface area (Å²) in [6.45, 7) is 1.79. The second-order valence-corrected chi connectivity index (χ2v) is 5.30. The number of aryl methyl sites for hydroxylation is 1. The van der Waals surface area contributed by atoms with Gasteiger partial charge in [0, 0.05) is 10.4 Å². The molecule has 19 heavy (non-hydrogen) atoms. The van der Waals surface area contributed by atoms with Crippen molar-refractivity contribution < 1.29 is 9.59 Å². The summed E-state index contributed by atoms with van der Waals surface area (Å²) in [4.78, 5) is 25.2. The molecule has 0 saturated carbocycles. The Morgan fingerprint density at radius 1 is 1.26 bits per heavy atom. The van der Waals surface area contributed by atoms with Gasteiger partial charge in [-0.15, -0.1) is 11.3 Å². The number of nitrogens with one attached hydrogen (secondary N) is 1. The highest BCUT2D eigenvalue weighted by Crippen LogP contribution is 2.29. The lowest BCUT2D eigenvalue weighted by atomic mass is 10.1. The van der Waals surface area contributed by atoms with Crippen LogP contribution < -0.4 is 11.1 Å². The predicted octanol–water partition coefficient (Wildman–Crippen LogP) is 2.18. The van der Waals surface area contributed by atoms with Crippen LogP contribution in [-0.4, -0.2) is 18.2 Å². The number of ketones is 1. The first-order chi connectivity index (χ1) is 9.11. The number of nitrogens with two attached hydrogens (primary N) is 1. The first-order valence-corrected chi connectivity index (χ1v) is 6.63. The fourth-order valence-corrected chi connectivity index (χ4v) is 2.63. The lowest BCUT2D eigenvalue weighted by Crippen LogP contribution is -2.22. The van der Waals surface area contributed by atoms with E-state index in [4.69, 9.17) is 5.73 Å². The topological polar surface area (TPSA) is 72.2 Å². The molecular formula is C14H14N2O2S. The van der Waals surface area contributed by atoms with Crippen molar-refractivity contribution >= 4 is 28.7 Å². The van der Waals surface area contributed by atoms with Gasteiger partial charge in [-0.1, -0.05) is 30.3 Å². The summed E-state index contributed by atoms with van der Waals surface area (Å²) in [7, 11) is 0. The third kappa shape index (κ3) is 3.07. The first kappa shape index (κ1) is 13.5. The molecule has 1 amide bonds. The van der Waals surface area contributed by atoms with Crippen LogP contribution >= 0.6 is 11.3 Å². The molecule has 4 nitrogen and oxygen atoms in total. The molecule has 1 aromatic heterocycles. The maximum absolute atomic E-state index is 12.4. The number of thiophene rings is 1. The summed E-state index contributed by atoms with van der Waals surface area (Å²) in [5.41, 5.74) is 6.41. The predicted molar refractivity (Wildman–Crippen MR) is 76.6 cm³/mol. The van der Waals surface area contributed by atoms with Gasteiger partial charge >= 0.3 is 0 Å². The van der Waals surface area contributed by atoms with E-state index < -0.39 is 0 Å². The third-order valence-corrected chi connectivity index (χ3v) is 3.61. The van der Waals surface area contributed by atoms with E-state index in [9.17, 15) is 9.59 Å². The van der Waals surface area contributed by atoms with Crippen LogP contribution in [0.25, 0.3) is 0 Å². The third-order valence-electron chi connectivity index (χ3n) is 2.56. The number of rotatable bonds is 4. The number of carbonyl (C=O) groups excluding carboxylic acids is 2. The van der Waals surface area contributed by atoms with Crippen LogP contribution in [0.2, 0.25) is 0 Å². The van der Waals surface area contributed by atoms with E-state index in [1.807, 2.05) is 25.1 Å². The molecule has 0 unspecified atom stereocenters. The summed E-state index contributed by atoms with van der Waals surface area (Å²) < 4.78 is 0. The zero-order valence-electron chi connectivity index (χ0n) is 10.5. The molecular weight excluding hydrogens is 260 g/mol. The fourth-order valence-electron chi connectivity index (χ4n) is 1.70. The Kier molecular flexibility index (Phi) is 4.09. The second kappa shape index (κ2) is 5.77. The molecule has 0 bridgehead atoms. The zero-order valence-corrected chi connectivity index (χ0v) is 11.3. The molecule has 1 aromatic carbocycles. The summed E-state index contributed by atoms with van der Waals surface area (Å²) in [5, 5.41) is 2.66. The smallest absolute Gasteiger partial charge is 0.238 e. The number of amides is 1. The van der Waals surface area contributed by atoms with Gasteiger partial charge in [-0.3, -0.25) is 9.59 Å². The molecule has 2 aromatic rings. The van der Waals surface area contributed by atoms with Gasteiger partial charge < -0.3 is 11.1 Å². The minimum absolute atomic E-state index is 0.0916.